The first kappa shape index (κ1) is 17.7. The molecule has 122 valence electrons. The predicted octanol–water partition coefficient (Wildman–Crippen LogP) is 4.16. The third kappa shape index (κ3) is 7.44. The van der Waals surface area contributed by atoms with E-state index in [1.807, 2.05) is 30.3 Å². The molecule has 0 bridgehead atoms. The Kier molecular flexibility index (Phi) is 7.84. The summed E-state index contributed by atoms with van der Waals surface area (Å²) in [5, 5.41) is 3.54. The Morgan fingerprint density at radius 3 is 2.57 bits per heavy atom. The van der Waals surface area contributed by atoms with Crippen molar-refractivity contribution in [1.29, 1.82) is 0 Å². The Bertz CT molecular complexity index is 590. The first-order valence-electron chi connectivity index (χ1n) is 7.51. The fourth-order valence-electron chi connectivity index (χ4n) is 1.91. The summed E-state index contributed by atoms with van der Waals surface area (Å²) in [7, 11) is 0. The van der Waals surface area contributed by atoms with Crippen LogP contribution in [-0.4, -0.2) is 24.8 Å². The van der Waals surface area contributed by atoms with Gasteiger partial charge in [-0.15, -0.1) is 0 Å². The minimum Gasteiger partial charge on any atom is -0.492 e. The summed E-state index contributed by atoms with van der Waals surface area (Å²) in [6.07, 6.45) is 0.526. The minimum atomic E-state index is 0.0604. The highest BCUT2D eigenvalue weighted by molar-refractivity contribution is 7.98. The molecular formula is C18H20ClNO2S. The first-order valence-corrected chi connectivity index (χ1v) is 9.04. The van der Waals surface area contributed by atoms with E-state index < -0.39 is 0 Å². The summed E-state index contributed by atoms with van der Waals surface area (Å²) >= 11 is 7.57. The van der Waals surface area contributed by atoms with E-state index in [0.29, 0.717) is 24.6 Å². The average Bonchev–Trinajstić information content (AvgIpc) is 2.58. The van der Waals surface area contributed by atoms with Gasteiger partial charge in [0.2, 0.25) is 5.91 Å². The van der Waals surface area contributed by atoms with Crippen LogP contribution >= 0.6 is 23.4 Å². The summed E-state index contributed by atoms with van der Waals surface area (Å²) in [5.74, 6) is 2.57. The molecule has 0 radical (unpaired) electrons. The molecule has 0 fully saturated rings. The van der Waals surface area contributed by atoms with E-state index in [-0.39, 0.29) is 5.91 Å². The van der Waals surface area contributed by atoms with Crippen LogP contribution in [0.3, 0.4) is 0 Å². The van der Waals surface area contributed by atoms with Gasteiger partial charge in [-0.2, -0.15) is 11.8 Å². The van der Waals surface area contributed by atoms with Crippen molar-refractivity contribution in [1.82, 2.24) is 5.32 Å². The van der Waals surface area contributed by atoms with Crippen molar-refractivity contribution in [2.24, 2.45) is 0 Å². The van der Waals surface area contributed by atoms with Crippen LogP contribution in [-0.2, 0) is 10.5 Å². The molecule has 0 saturated carbocycles. The summed E-state index contributed by atoms with van der Waals surface area (Å²) in [6.45, 7) is 0.954. The van der Waals surface area contributed by atoms with Crippen LogP contribution in [0.1, 0.15) is 12.0 Å². The molecule has 1 amide bonds. The number of hydrogen-bond acceptors (Lipinski definition) is 3. The molecule has 2 rings (SSSR count). The maximum Gasteiger partial charge on any atom is 0.220 e. The Labute approximate surface area is 146 Å². The van der Waals surface area contributed by atoms with Crippen LogP contribution in [0.5, 0.6) is 5.75 Å². The lowest BCUT2D eigenvalue weighted by Crippen LogP contribution is -2.28. The Hall–Kier alpha value is -1.65. The summed E-state index contributed by atoms with van der Waals surface area (Å²) in [5.41, 5.74) is 1.29. The molecule has 23 heavy (non-hydrogen) atoms. The van der Waals surface area contributed by atoms with Gasteiger partial charge in [-0.25, -0.2) is 0 Å². The molecule has 0 atom stereocenters. The van der Waals surface area contributed by atoms with Crippen molar-refractivity contribution < 1.29 is 9.53 Å². The SMILES string of the molecule is O=C(CCSCc1ccccc1)NCCOc1ccc(Cl)cc1. The fourth-order valence-corrected chi connectivity index (χ4v) is 2.94. The quantitative estimate of drug-likeness (QED) is 0.691. The molecule has 0 aromatic heterocycles. The van der Waals surface area contributed by atoms with Crippen molar-refractivity contribution in [3.8, 4) is 5.75 Å². The van der Waals surface area contributed by atoms with Gasteiger partial charge in [0.25, 0.3) is 0 Å². The van der Waals surface area contributed by atoms with Crippen LogP contribution in [0.4, 0.5) is 0 Å². The van der Waals surface area contributed by atoms with E-state index in [1.165, 1.54) is 5.56 Å². The molecule has 0 spiro atoms. The zero-order valence-electron chi connectivity index (χ0n) is 12.8. The second-order valence-electron chi connectivity index (χ2n) is 4.94. The van der Waals surface area contributed by atoms with Crippen molar-refractivity contribution in [2.45, 2.75) is 12.2 Å². The van der Waals surface area contributed by atoms with E-state index in [4.69, 9.17) is 16.3 Å². The van der Waals surface area contributed by atoms with Crippen molar-refractivity contribution in [2.75, 3.05) is 18.9 Å². The largest absolute Gasteiger partial charge is 0.492 e. The lowest BCUT2D eigenvalue weighted by Gasteiger charge is -2.08. The van der Waals surface area contributed by atoms with Crippen LogP contribution in [0.2, 0.25) is 5.02 Å². The average molecular weight is 350 g/mol. The molecule has 0 aliphatic rings. The molecule has 0 aliphatic carbocycles. The van der Waals surface area contributed by atoms with Gasteiger partial charge >= 0.3 is 0 Å². The third-order valence-corrected chi connectivity index (χ3v) is 4.37. The highest BCUT2D eigenvalue weighted by Crippen LogP contribution is 2.15. The molecule has 5 heteroatoms. The van der Waals surface area contributed by atoms with Gasteiger partial charge < -0.3 is 10.1 Å². The van der Waals surface area contributed by atoms with Crippen LogP contribution in [0.25, 0.3) is 0 Å². The molecule has 0 heterocycles. The van der Waals surface area contributed by atoms with E-state index in [2.05, 4.69) is 17.4 Å². The standard InChI is InChI=1S/C18H20ClNO2S/c19-16-6-8-17(9-7-16)22-12-11-20-18(21)10-13-23-14-15-4-2-1-3-5-15/h1-9H,10-14H2,(H,20,21). The number of thioether (sulfide) groups is 1. The number of carbonyl (C=O) groups is 1. The van der Waals surface area contributed by atoms with Gasteiger partial charge in [0.05, 0.1) is 6.54 Å². The van der Waals surface area contributed by atoms with Crippen molar-refractivity contribution in [3.63, 3.8) is 0 Å². The molecular weight excluding hydrogens is 330 g/mol. The van der Waals surface area contributed by atoms with Gasteiger partial charge in [0, 0.05) is 22.9 Å². The molecule has 2 aromatic carbocycles. The topological polar surface area (TPSA) is 38.3 Å². The van der Waals surface area contributed by atoms with Crippen LogP contribution in [0.15, 0.2) is 54.6 Å². The lowest BCUT2D eigenvalue weighted by molar-refractivity contribution is -0.120. The van der Waals surface area contributed by atoms with Crippen molar-refractivity contribution in [3.05, 3.63) is 65.2 Å². The lowest BCUT2D eigenvalue weighted by atomic mass is 10.2. The van der Waals surface area contributed by atoms with Crippen molar-refractivity contribution >= 4 is 29.3 Å². The number of hydrogen-bond donors (Lipinski definition) is 1. The van der Waals surface area contributed by atoms with Gasteiger partial charge in [0.15, 0.2) is 0 Å². The summed E-state index contributed by atoms with van der Waals surface area (Å²) in [4.78, 5) is 11.7. The second-order valence-corrected chi connectivity index (χ2v) is 6.48. The van der Waals surface area contributed by atoms with Crippen LogP contribution in [0, 0.1) is 0 Å². The Morgan fingerprint density at radius 2 is 1.83 bits per heavy atom. The summed E-state index contributed by atoms with van der Waals surface area (Å²) in [6, 6.07) is 17.4. The Morgan fingerprint density at radius 1 is 1.09 bits per heavy atom. The van der Waals surface area contributed by atoms with Gasteiger partial charge in [0.1, 0.15) is 12.4 Å². The van der Waals surface area contributed by atoms with Gasteiger partial charge in [-0.1, -0.05) is 41.9 Å². The molecule has 0 aliphatic heterocycles. The molecule has 1 N–H and O–H groups in total. The molecule has 0 saturated heterocycles. The fraction of sp³-hybridized carbons (Fsp3) is 0.278. The van der Waals surface area contributed by atoms with Crippen LogP contribution < -0.4 is 10.1 Å². The minimum absolute atomic E-state index is 0.0604. The highest BCUT2D eigenvalue weighted by Gasteiger charge is 2.01. The zero-order valence-corrected chi connectivity index (χ0v) is 14.4. The summed E-state index contributed by atoms with van der Waals surface area (Å²) < 4.78 is 5.52. The number of benzene rings is 2. The number of ether oxygens (including phenoxy) is 1. The van der Waals surface area contributed by atoms with E-state index in [1.54, 1.807) is 23.9 Å². The highest BCUT2D eigenvalue weighted by atomic mass is 35.5. The molecule has 0 unspecified atom stereocenters. The van der Waals surface area contributed by atoms with Gasteiger partial charge in [-0.05, 0) is 29.8 Å². The second kappa shape index (κ2) is 10.2. The normalized spacial score (nSPS) is 10.3. The zero-order chi connectivity index (χ0) is 16.3. The van der Waals surface area contributed by atoms with E-state index in [9.17, 15) is 4.79 Å². The third-order valence-electron chi connectivity index (χ3n) is 3.09. The number of halogens is 1. The number of amides is 1. The van der Waals surface area contributed by atoms with Gasteiger partial charge in [-0.3, -0.25) is 4.79 Å². The monoisotopic (exact) mass is 349 g/mol. The first-order chi connectivity index (χ1) is 11.2. The van der Waals surface area contributed by atoms with E-state index in [0.717, 1.165) is 17.3 Å². The Balaban J connectivity index is 1.51. The maximum absolute atomic E-state index is 11.7. The number of nitrogens with one attached hydrogen (secondary N) is 1. The maximum atomic E-state index is 11.7. The predicted molar refractivity (Wildman–Crippen MR) is 97.2 cm³/mol. The smallest absolute Gasteiger partial charge is 0.220 e. The number of rotatable bonds is 9. The van der Waals surface area contributed by atoms with E-state index >= 15 is 0 Å². The molecule has 2 aromatic rings. The number of carbonyl (C=O) groups excluding carboxylic acids is 1. The molecule has 3 nitrogen and oxygen atoms in total.